The van der Waals surface area contributed by atoms with Crippen molar-refractivity contribution in [2.45, 2.75) is 27.9 Å². The van der Waals surface area contributed by atoms with Gasteiger partial charge in [-0.2, -0.15) is 0 Å². The summed E-state index contributed by atoms with van der Waals surface area (Å²) in [6.45, 7) is 0. The van der Waals surface area contributed by atoms with Crippen molar-refractivity contribution in [1.82, 2.24) is 0 Å². The van der Waals surface area contributed by atoms with E-state index in [4.69, 9.17) is 0 Å². The maximum Gasteiger partial charge on any atom is 0.185 e. The summed E-state index contributed by atoms with van der Waals surface area (Å²) in [4.78, 5) is 0.463. The van der Waals surface area contributed by atoms with Gasteiger partial charge in [-0.05, 0) is 30.5 Å². The molecule has 2 aromatic carbocycles. The van der Waals surface area contributed by atoms with Crippen LogP contribution in [0.3, 0.4) is 0 Å². The molecule has 96 valence electrons. The lowest BCUT2D eigenvalue weighted by molar-refractivity contribution is 0.587. The first-order chi connectivity index (χ1) is 9.12. The van der Waals surface area contributed by atoms with Crippen molar-refractivity contribution in [3.05, 3.63) is 66.2 Å². The second kappa shape index (κ2) is 3.28. The van der Waals surface area contributed by atoms with Gasteiger partial charge >= 0.3 is 0 Å². The molecule has 0 radical (unpaired) electrons. The van der Waals surface area contributed by atoms with Crippen LogP contribution in [0.2, 0.25) is 0 Å². The van der Waals surface area contributed by atoms with E-state index in [1.54, 1.807) is 24.3 Å². The lowest BCUT2D eigenvalue weighted by atomic mass is 10.0. The van der Waals surface area contributed by atoms with Crippen molar-refractivity contribution in [2.75, 3.05) is 0 Å². The van der Waals surface area contributed by atoms with E-state index in [1.165, 1.54) is 5.56 Å². The zero-order valence-corrected chi connectivity index (χ0v) is 11.2. The highest BCUT2D eigenvalue weighted by molar-refractivity contribution is 7.93. The smallest absolute Gasteiger partial charge is 0.185 e. The van der Waals surface area contributed by atoms with Crippen molar-refractivity contribution in [3.8, 4) is 0 Å². The molecule has 2 aliphatic carbocycles. The zero-order valence-electron chi connectivity index (χ0n) is 10.4. The van der Waals surface area contributed by atoms with Crippen LogP contribution in [0.15, 0.2) is 65.6 Å². The van der Waals surface area contributed by atoms with Crippen LogP contribution < -0.4 is 0 Å². The molecule has 0 spiro atoms. The quantitative estimate of drug-likeness (QED) is 0.859. The molecule has 0 saturated heterocycles. The van der Waals surface area contributed by atoms with E-state index in [-0.39, 0.29) is 5.41 Å². The lowest BCUT2D eigenvalue weighted by Crippen LogP contribution is -2.14. The number of hydrogen-bond donors (Lipinski definition) is 0. The predicted molar refractivity (Wildman–Crippen MR) is 73.7 cm³/mol. The Kier molecular flexibility index (Phi) is 1.94. The van der Waals surface area contributed by atoms with Crippen LogP contribution >= 0.6 is 0 Å². The summed E-state index contributed by atoms with van der Waals surface area (Å²) >= 11 is 0. The Bertz CT molecular complexity index is 727. The summed E-state index contributed by atoms with van der Waals surface area (Å²) in [6.07, 6.45) is 1.56. The number of rotatable bonds is 3. The Labute approximate surface area is 113 Å². The fourth-order valence-electron chi connectivity index (χ4n) is 3.33. The molecular formula is C16H14O2S. The third-order valence-electron chi connectivity index (χ3n) is 4.69. The van der Waals surface area contributed by atoms with Gasteiger partial charge < -0.3 is 0 Å². The maximum atomic E-state index is 12.7. The number of sulfone groups is 1. The van der Waals surface area contributed by atoms with Gasteiger partial charge in [0, 0.05) is 5.41 Å². The molecule has 2 aliphatic rings. The van der Waals surface area contributed by atoms with Gasteiger partial charge in [-0.1, -0.05) is 48.5 Å². The van der Waals surface area contributed by atoms with Gasteiger partial charge in [0.05, 0.1) is 9.64 Å². The van der Waals surface area contributed by atoms with Crippen molar-refractivity contribution in [1.29, 1.82) is 0 Å². The Hall–Kier alpha value is -1.61. The molecule has 3 heteroatoms. The number of benzene rings is 2. The van der Waals surface area contributed by atoms with Gasteiger partial charge in [-0.25, -0.2) is 8.42 Å². The summed E-state index contributed by atoms with van der Waals surface area (Å²) in [5.41, 5.74) is 1.08. The SMILES string of the molecule is O=S(=O)(c1ccccc1)C12CC1(c1ccccc1)C2. The first kappa shape index (κ1) is 11.2. The predicted octanol–water partition coefficient (Wildman–Crippen LogP) is 2.94. The van der Waals surface area contributed by atoms with E-state index in [1.807, 2.05) is 24.3 Å². The fourth-order valence-corrected chi connectivity index (χ4v) is 5.80. The summed E-state index contributed by atoms with van der Waals surface area (Å²) in [6, 6.07) is 18.9. The molecule has 2 aromatic rings. The van der Waals surface area contributed by atoms with E-state index in [0.29, 0.717) is 4.90 Å². The molecule has 0 aliphatic heterocycles. The van der Waals surface area contributed by atoms with Gasteiger partial charge in [0.1, 0.15) is 0 Å². The number of fused-ring (bicyclic) bond motifs is 1. The minimum absolute atomic E-state index is 0.0943. The largest absolute Gasteiger partial charge is 0.223 e. The third kappa shape index (κ3) is 1.24. The summed E-state index contributed by atoms with van der Waals surface area (Å²) in [5.74, 6) is 0. The van der Waals surface area contributed by atoms with Gasteiger partial charge in [0.25, 0.3) is 0 Å². The molecule has 19 heavy (non-hydrogen) atoms. The first-order valence-electron chi connectivity index (χ1n) is 6.48. The normalized spacial score (nSPS) is 31.6. The van der Waals surface area contributed by atoms with Gasteiger partial charge in [0.2, 0.25) is 0 Å². The molecule has 2 nitrogen and oxygen atoms in total. The summed E-state index contributed by atoms with van der Waals surface area (Å²) in [7, 11) is -3.20. The van der Waals surface area contributed by atoms with E-state index < -0.39 is 14.6 Å². The Morgan fingerprint density at radius 1 is 0.789 bits per heavy atom. The van der Waals surface area contributed by atoms with Crippen LogP contribution in [0.25, 0.3) is 0 Å². The first-order valence-corrected chi connectivity index (χ1v) is 7.96. The second-order valence-electron chi connectivity index (χ2n) is 5.61. The van der Waals surface area contributed by atoms with Gasteiger partial charge in [0.15, 0.2) is 9.84 Å². The van der Waals surface area contributed by atoms with Crippen molar-refractivity contribution in [3.63, 3.8) is 0 Å². The molecule has 0 N–H and O–H groups in total. The molecule has 0 amide bonds. The van der Waals surface area contributed by atoms with Gasteiger partial charge in [-0.15, -0.1) is 0 Å². The Balaban J connectivity index is 1.75. The second-order valence-corrected chi connectivity index (χ2v) is 7.87. The average molecular weight is 270 g/mol. The van der Waals surface area contributed by atoms with Crippen molar-refractivity contribution in [2.24, 2.45) is 0 Å². The van der Waals surface area contributed by atoms with Crippen LogP contribution in [-0.2, 0) is 15.3 Å². The maximum absolute atomic E-state index is 12.7. The monoisotopic (exact) mass is 270 g/mol. The van der Waals surface area contributed by atoms with Crippen molar-refractivity contribution >= 4 is 9.84 Å². The van der Waals surface area contributed by atoms with Crippen LogP contribution in [0.5, 0.6) is 0 Å². The fraction of sp³-hybridized carbons (Fsp3) is 0.250. The lowest BCUT2D eigenvalue weighted by Gasteiger charge is -2.05. The van der Waals surface area contributed by atoms with E-state index in [9.17, 15) is 8.42 Å². The summed E-state index contributed by atoms with van der Waals surface area (Å²) in [5, 5.41) is 0. The summed E-state index contributed by atoms with van der Waals surface area (Å²) < 4.78 is 25.0. The minimum Gasteiger partial charge on any atom is -0.223 e. The average Bonchev–Trinajstić information content (AvgIpc) is 3.28. The molecule has 0 heterocycles. The van der Waals surface area contributed by atoms with E-state index >= 15 is 0 Å². The molecule has 2 saturated carbocycles. The van der Waals surface area contributed by atoms with Crippen LogP contribution in [0.4, 0.5) is 0 Å². The van der Waals surface area contributed by atoms with Gasteiger partial charge in [-0.3, -0.25) is 0 Å². The molecule has 0 bridgehead atoms. The highest BCUT2D eigenvalue weighted by Crippen LogP contribution is 2.83. The molecule has 4 rings (SSSR count). The molecule has 0 aromatic heterocycles. The molecule has 2 fully saturated rings. The minimum atomic E-state index is -3.20. The number of hydrogen-bond acceptors (Lipinski definition) is 2. The highest BCUT2D eigenvalue weighted by atomic mass is 32.2. The van der Waals surface area contributed by atoms with Crippen LogP contribution in [0.1, 0.15) is 18.4 Å². The van der Waals surface area contributed by atoms with Crippen molar-refractivity contribution < 1.29 is 8.42 Å². The molecule has 0 unspecified atom stereocenters. The Morgan fingerprint density at radius 3 is 1.89 bits per heavy atom. The Morgan fingerprint density at radius 2 is 1.32 bits per heavy atom. The standard InChI is InChI=1S/C16H14O2S/c17-19(18,14-9-5-2-6-10-14)16-11-15(16,12-16)13-7-3-1-4-8-13/h1-10H,11-12H2. The van der Waals surface area contributed by atoms with Crippen LogP contribution in [0, 0.1) is 0 Å². The molecule has 0 atom stereocenters. The van der Waals surface area contributed by atoms with E-state index in [2.05, 4.69) is 12.1 Å². The topological polar surface area (TPSA) is 34.1 Å². The highest BCUT2D eigenvalue weighted by Gasteiger charge is 2.89. The third-order valence-corrected chi connectivity index (χ3v) is 7.29. The van der Waals surface area contributed by atoms with Crippen LogP contribution in [-0.4, -0.2) is 13.2 Å². The zero-order chi connectivity index (χ0) is 13.1. The van der Waals surface area contributed by atoms with E-state index in [0.717, 1.165) is 12.8 Å². The molecular weight excluding hydrogens is 256 g/mol.